The van der Waals surface area contributed by atoms with E-state index in [9.17, 15) is 17.6 Å². The average molecular weight is 495 g/mol. The minimum atomic E-state index is -4.59. The molecule has 3 heterocycles. The number of fused-ring (bicyclic) bond motifs is 2. The number of alkyl halides is 3. The zero-order valence-corrected chi connectivity index (χ0v) is 18.7. The van der Waals surface area contributed by atoms with Gasteiger partial charge in [-0.3, -0.25) is 4.98 Å². The van der Waals surface area contributed by atoms with Gasteiger partial charge in [0, 0.05) is 47.1 Å². The summed E-state index contributed by atoms with van der Waals surface area (Å²) < 4.78 is 71.1. The molecular formula is C26H18F5N5. The third-order valence-electron chi connectivity index (χ3n) is 6.51. The van der Waals surface area contributed by atoms with Crippen molar-refractivity contribution >= 4 is 27.6 Å². The summed E-state index contributed by atoms with van der Waals surface area (Å²) in [6.07, 6.45) is 1.80. The van der Waals surface area contributed by atoms with Gasteiger partial charge in [-0.1, -0.05) is 12.1 Å². The van der Waals surface area contributed by atoms with E-state index in [0.29, 0.717) is 45.3 Å². The number of benzene rings is 2. The summed E-state index contributed by atoms with van der Waals surface area (Å²) in [7, 11) is 0. The lowest BCUT2D eigenvalue weighted by molar-refractivity contribution is -0.137. The molecular weight excluding hydrogens is 477 g/mol. The molecule has 1 aliphatic carbocycles. The fourth-order valence-corrected chi connectivity index (χ4v) is 4.56. The highest BCUT2D eigenvalue weighted by atomic mass is 19.4. The molecule has 10 heteroatoms. The Balaban J connectivity index is 1.41. The normalized spacial score (nSPS) is 14.1. The Hall–Kier alpha value is -4.08. The maximum Gasteiger partial charge on any atom is 0.416 e. The second kappa shape index (κ2) is 7.97. The molecule has 182 valence electrons. The molecule has 5 nitrogen and oxygen atoms in total. The Bertz CT molecular complexity index is 1650. The van der Waals surface area contributed by atoms with Gasteiger partial charge in [-0.2, -0.15) is 13.2 Å². The molecule has 0 radical (unpaired) electrons. The first kappa shape index (κ1) is 22.4. The standard InChI is InChI=1S/C26H18F5N5/c27-21-6-2-15(26(29,30)31)7-14(21)9-16-8-13-1-5-18(23(28)19(13)10-33-16)20-11-36(17-3-4-17)25-22(20)24(32)34-12-35-25/h1-2,5-8,10-12,17H,3-4,9H2,(H2,32,34,35). The quantitative estimate of drug-likeness (QED) is 0.291. The highest BCUT2D eigenvalue weighted by molar-refractivity contribution is 6.02. The highest BCUT2D eigenvalue weighted by Crippen LogP contribution is 2.43. The van der Waals surface area contributed by atoms with E-state index in [1.807, 2.05) is 10.8 Å². The van der Waals surface area contributed by atoms with E-state index >= 15 is 4.39 Å². The number of hydrogen-bond donors (Lipinski definition) is 1. The predicted molar refractivity (Wildman–Crippen MR) is 125 cm³/mol. The summed E-state index contributed by atoms with van der Waals surface area (Å²) in [5, 5.41) is 1.29. The van der Waals surface area contributed by atoms with E-state index in [-0.39, 0.29) is 23.2 Å². The van der Waals surface area contributed by atoms with Crippen LogP contribution in [0.4, 0.5) is 27.8 Å². The Morgan fingerprint density at radius 2 is 1.78 bits per heavy atom. The van der Waals surface area contributed by atoms with Crippen molar-refractivity contribution < 1.29 is 22.0 Å². The molecule has 36 heavy (non-hydrogen) atoms. The van der Waals surface area contributed by atoms with Crippen LogP contribution in [0.15, 0.2) is 55.1 Å². The Kier molecular flexibility index (Phi) is 4.96. The van der Waals surface area contributed by atoms with Crippen LogP contribution in [0.2, 0.25) is 0 Å². The topological polar surface area (TPSA) is 69.6 Å². The first-order chi connectivity index (χ1) is 17.2. The lowest BCUT2D eigenvalue weighted by Gasteiger charge is -2.11. The van der Waals surface area contributed by atoms with Crippen LogP contribution >= 0.6 is 0 Å². The minimum absolute atomic E-state index is 0.142. The average Bonchev–Trinajstić information content (AvgIpc) is 3.61. The van der Waals surface area contributed by atoms with E-state index < -0.39 is 23.4 Å². The van der Waals surface area contributed by atoms with Crippen molar-refractivity contribution in [3.05, 3.63) is 83.6 Å². The van der Waals surface area contributed by atoms with Crippen molar-refractivity contribution in [3.8, 4) is 11.1 Å². The van der Waals surface area contributed by atoms with E-state index in [1.54, 1.807) is 18.2 Å². The Morgan fingerprint density at radius 1 is 0.972 bits per heavy atom. The largest absolute Gasteiger partial charge is 0.416 e. The summed E-state index contributed by atoms with van der Waals surface area (Å²) >= 11 is 0. The van der Waals surface area contributed by atoms with Crippen LogP contribution in [0.5, 0.6) is 0 Å². The lowest BCUT2D eigenvalue weighted by atomic mass is 9.99. The second-order valence-electron chi connectivity index (χ2n) is 8.94. The highest BCUT2D eigenvalue weighted by Gasteiger charge is 2.31. The zero-order valence-electron chi connectivity index (χ0n) is 18.7. The Labute approximate surface area is 201 Å². The summed E-state index contributed by atoms with van der Waals surface area (Å²) in [5.74, 6) is -1.03. The minimum Gasteiger partial charge on any atom is -0.383 e. The maximum atomic E-state index is 15.7. The van der Waals surface area contributed by atoms with Gasteiger partial charge >= 0.3 is 6.18 Å². The van der Waals surface area contributed by atoms with Gasteiger partial charge in [0.1, 0.15) is 29.4 Å². The first-order valence-electron chi connectivity index (χ1n) is 11.2. The van der Waals surface area contributed by atoms with Gasteiger partial charge in [0.15, 0.2) is 0 Å². The number of nitrogens with zero attached hydrogens (tertiary/aromatic N) is 4. The lowest BCUT2D eigenvalue weighted by Crippen LogP contribution is -2.07. The molecule has 0 aliphatic heterocycles. The zero-order chi connectivity index (χ0) is 25.2. The number of aromatic nitrogens is 4. The van der Waals surface area contributed by atoms with Crippen LogP contribution in [0.1, 0.15) is 35.7 Å². The van der Waals surface area contributed by atoms with Gasteiger partial charge in [0.2, 0.25) is 0 Å². The molecule has 1 aliphatic rings. The molecule has 0 saturated heterocycles. The fraction of sp³-hybridized carbons (Fsp3) is 0.192. The molecule has 0 unspecified atom stereocenters. The molecule has 0 amide bonds. The van der Waals surface area contributed by atoms with Gasteiger partial charge in [0.25, 0.3) is 0 Å². The van der Waals surface area contributed by atoms with Gasteiger partial charge in [-0.05, 0) is 48.1 Å². The number of nitrogen functional groups attached to an aromatic ring is 1. The predicted octanol–water partition coefficient (Wildman–Crippen LogP) is 6.45. The van der Waals surface area contributed by atoms with Crippen LogP contribution < -0.4 is 5.73 Å². The third-order valence-corrected chi connectivity index (χ3v) is 6.51. The van der Waals surface area contributed by atoms with E-state index in [2.05, 4.69) is 15.0 Å². The molecule has 1 fully saturated rings. The number of anilines is 1. The summed E-state index contributed by atoms with van der Waals surface area (Å²) in [6.45, 7) is 0. The monoisotopic (exact) mass is 495 g/mol. The van der Waals surface area contributed by atoms with E-state index in [4.69, 9.17) is 5.73 Å². The number of hydrogen-bond acceptors (Lipinski definition) is 4. The van der Waals surface area contributed by atoms with Gasteiger partial charge in [-0.25, -0.2) is 18.7 Å². The van der Waals surface area contributed by atoms with Crippen LogP contribution in [0.3, 0.4) is 0 Å². The fourth-order valence-electron chi connectivity index (χ4n) is 4.56. The molecule has 5 aromatic rings. The van der Waals surface area contributed by atoms with Crippen LogP contribution in [-0.4, -0.2) is 19.5 Å². The molecule has 6 rings (SSSR count). The SMILES string of the molecule is Nc1ncnc2c1c(-c1ccc3cc(Cc4cc(C(F)(F)F)ccc4F)ncc3c1F)cn2C1CC1. The molecule has 3 aromatic heterocycles. The van der Waals surface area contributed by atoms with Gasteiger partial charge in [-0.15, -0.1) is 0 Å². The van der Waals surface area contributed by atoms with E-state index in [0.717, 1.165) is 25.0 Å². The summed E-state index contributed by atoms with van der Waals surface area (Å²) in [4.78, 5) is 12.6. The van der Waals surface area contributed by atoms with Crippen molar-refractivity contribution in [2.75, 3.05) is 5.73 Å². The number of rotatable bonds is 4. The summed E-state index contributed by atoms with van der Waals surface area (Å²) in [5.41, 5.74) is 6.90. The van der Waals surface area contributed by atoms with Crippen LogP contribution in [0.25, 0.3) is 32.9 Å². The first-order valence-corrected chi connectivity index (χ1v) is 11.2. The molecule has 2 aromatic carbocycles. The molecule has 0 bridgehead atoms. The second-order valence-corrected chi connectivity index (χ2v) is 8.94. The molecule has 0 atom stereocenters. The molecule has 0 spiro atoms. The van der Waals surface area contributed by atoms with Crippen molar-refractivity contribution in [1.82, 2.24) is 19.5 Å². The number of halogens is 5. The smallest absolute Gasteiger partial charge is 0.383 e. The van der Waals surface area contributed by atoms with Gasteiger partial charge < -0.3 is 10.3 Å². The van der Waals surface area contributed by atoms with Crippen LogP contribution in [-0.2, 0) is 12.6 Å². The van der Waals surface area contributed by atoms with Crippen molar-refractivity contribution in [2.45, 2.75) is 31.5 Å². The van der Waals surface area contributed by atoms with Crippen molar-refractivity contribution in [3.63, 3.8) is 0 Å². The summed E-state index contributed by atoms with van der Waals surface area (Å²) in [6, 6.07) is 7.41. The maximum absolute atomic E-state index is 15.7. The third kappa shape index (κ3) is 3.73. The van der Waals surface area contributed by atoms with Crippen molar-refractivity contribution in [2.24, 2.45) is 0 Å². The van der Waals surface area contributed by atoms with E-state index in [1.165, 1.54) is 12.5 Å². The molecule has 1 saturated carbocycles. The van der Waals surface area contributed by atoms with Crippen LogP contribution in [0, 0.1) is 11.6 Å². The Morgan fingerprint density at radius 3 is 2.53 bits per heavy atom. The molecule has 2 N–H and O–H groups in total. The van der Waals surface area contributed by atoms with Gasteiger partial charge in [0.05, 0.1) is 10.9 Å². The number of nitrogens with two attached hydrogens (primary N) is 1. The number of pyridine rings is 1. The van der Waals surface area contributed by atoms with Crippen molar-refractivity contribution in [1.29, 1.82) is 0 Å².